The third-order valence-electron chi connectivity index (χ3n) is 6.18. The number of aromatic nitrogens is 2. The van der Waals surface area contributed by atoms with Crippen molar-refractivity contribution in [2.45, 2.75) is 44.2 Å². The fraction of sp³-hybridized carbons (Fsp3) is 0.500. The van der Waals surface area contributed by atoms with Crippen molar-refractivity contribution < 1.29 is 14.3 Å². The number of carbonyl (C=O) groups excluding carboxylic acids is 1. The molecule has 1 aliphatic carbocycles. The highest BCUT2D eigenvalue weighted by atomic mass is 32.1. The Morgan fingerprint density at radius 3 is 2.67 bits per heavy atom. The summed E-state index contributed by atoms with van der Waals surface area (Å²) in [5, 5.41) is 1.88. The molecular formula is C22H26N4O3S. The Bertz CT molecular complexity index is 1070. The van der Waals surface area contributed by atoms with Gasteiger partial charge < -0.3 is 19.3 Å². The van der Waals surface area contributed by atoms with E-state index in [0.717, 1.165) is 65.5 Å². The van der Waals surface area contributed by atoms with Crippen molar-refractivity contribution in [1.82, 2.24) is 19.8 Å². The number of rotatable bonds is 4. The normalized spacial score (nSPS) is 21.8. The van der Waals surface area contributed by atoms with Crippen LogP contribution in [0.4, 0.5) is 4.79 Å². The molecule has 1 amide bonds. The molecule has 1 saturated carbocycles. The number of amides is 1. The van der Waals surface area contributed by atoms with Crippen LogP contribution in [-0.4, -0.2) is 65.2 Å². The number of carbonyl (C=O) groups is 1. The Morgan fingerprint density at radius 1 is 1.17 bits per heavy atom. The molecule has 0 atom stereocenters. The van der Waals surface area contributed by atoms with Gasteiger partial charge in [-0.3, -0.25) is 0 Å². The fourth-order valence-corrected chi connectivity index (χ4v) is 5.23. The topological polar surface area (TPSA) is 67.8 Å². The molecule has 2 aliphatic rings. The van der Waals surface area contributed by atoms with Gasteiger partial charge in [0, 0.05) is 29.2 Å². The highest BCUT2D eigenvalue weighted by molar-refractivity contribution is 7.25. The summed E-state index contributed by atoms with van der Waals surface area (Å²) in [4.78, 5) is 26.0. The van der Waals surface area contributed by atoms with Crippen LogP contribution in [0.5, 0.6) is 11.6 Å². The molecule has 7 nitrogen and oxygen atoms in total. The van der Waals surface area contributed by atoms with Crippen molar-refractivity contribution in [3.8, 4) is 11.6 Å². The van der Waals surface area contributed by atoms with Gasteiger partial charge in [-0.25, -0.2) is 14.8 Å². The highest BCUT2D eigenvalue weighted by Crippen LogP contribution is 2.39. The lowest BCUT2D eigenvalue weighted by atomic mass is 9.92. The summed E-state index contributed by atoms with van der Waals surface area (Å²) < 4.78 is 13.0. The van der Waals surface area contributed by atoms with Gasteiger partial charge in [-0.15, -0.1) is 11.3 Å². The number of thiophene rings is 1. The second kappa shape index (κ2) is 8.00. The van der Waals surface area contributed by atoms with E-state index in [0.29, 0.717) is 17.7 Å². The van der Waals surface area contributed by atoms with Gasteiger partial charge in [-0.05, 0) is 64.4 Å². The van der Waals surface area contributed by atoms with Crippen molar-refractivity contribution in [1.29, 1.82) is 0 Å². The van der Waals surface area contributed by atoms with Crippen LogP contribution >= 0.6 is 11.3 Å². The first kappa shape index (κ1) is 19.5. The maximum Gasteiger partial charge on any atom is 0.415 e. The summed E-state index contributed by atoms with van der Waals surface area (Å²) in [7, 11) is 4.29. The van der Waals surface area contributed by atoms with Gasteiger partial charge in [0.1, 0.15) is 23.0 Å². The largest absolute Gasteiger partial charge is 0.474 e. The van der Waals surface area contributed by atoms with Crippen LogP contribution in [0.1, 0.15) is 32.1 Å². The zero-order valence-corrected chi connectivity index (χ0v) is 18.2. The predicted octanol–water partition coefficient (Wildman–Crippen LogP) is 4.30. The molecule has 2 aromatic heterocycles. The molecule has 3 aromatic rings. The van der Waals surface area contributed by atoms with E-state index in [9.17, 15) is 4.79 Å². The monoisotopic (exact) mass is 426 g/mol. The predicted molar refractivity (Wildman–Crippen MR) is 117 cm³/mol. The van der Waals surface area contributed by atoms with E-state index in [4.69, 9.17) is 9.47 Å². The van der Waals surface area contributed by atoms with E-state index in [1.54, 1.807) is 22.6 Å². The summed E-state index contributed by atoms with van der Waals surface area (Å²) in [6, 6.07) is 6.35. The van der Waals surface area contributed by atoms with E-state index >= 15 is 0 Å². The molecule has 1 aromatic carbocycles. The van der Waals surface area contributed by atoms with Crippen LogP contribution in [0.3, 0.4) is 0 Å². The van der Waals surface area contributed by atoms with Gasteiger partial charge in [0.2, 0.25) is 5.88 Å². The average molecular weight is 427 g/mol. The summed E-state index contributed by atoms with van der Waals surface area (Å²) in [5.74, 6) is 1.17. The van der Waals surface area contributed by atoms with Gasteiger partial charge in [0.25, 0.3) is 0 Å². The van der Waals surface area contributed by atoms with Crippen molar-refractivity contribution in [2.75, 3.05) is 27.2 Å². The second-order valence-electron chi connectivity index (χ2n) is 8.34. The van der Waals surface area contributed by atoms with Crippen LogP contribution < -0.4 is 9.47 Å². The molecule has 5 rings (SSSR count). The maximum atomic E-state index is 12.2. The Hall–Kier alpha value is -2.45. The van der Waals surface area contributed by atoms with Crippen molar-refractivity contribution in [3.05, 3.63) is 24.5 Å². The number of nitrogens with zero attached hydrogens (tertiary/aromatic N) is 4. The average Bonchev–Trinajstić information content (AvgIpc) is 3.06. The van der Waals surface area contributed by atoms with Gasteiger partial charge in [0.15, 0.2) is 0 Å². The number of hydrogen-bond acceptors (Lipinski definition) is 7. The van der Waals surface area contributed by atoms with Gasteiger partial charge in [-0.1, -0.05) is 0 Å². The third-order valence-corrected chi connectivity index (χ3v) is 7.26. The first-order valence-corrected chi connectivity index (χ1v) is 11.4. The number of benzene rings is 1. The molecule has 2 fully saturated rings. The molecule has 0 unspecified atom stereocenters. The van der Waals surface area contributed by atoms with Crippen LogP contribution in [0, 0.1) is 0 Å². The molecule has 0 spiro atoms. The van der Waals surface area contributed by atoms with E-state index in [2.05, 4.69) is 29.0 Å². The molecular weight excluding hydrogens is 400 g/mol. The zero-order chi connectivity index (χ0) is 20.7. The number of fused-ring (bicyclic) bond motifs is 3. The summed E-state index contributed by atoms with van der Waals surface area (Å²) in [5.41, 5.74) is 0. The minimum Gasteiger partial charge on any atom is -0.474 e. The summed E-state index contributed by atoms with van der Waals surface area (Å²) in [6.45, 7) is 1.54. The van der Waals surface area contributed by atoms with E-state index in [1.165, 1.54) is 0 Å². The molecule has 3 heterocycles. The standard InChI is InChI=1S/C22H26N4O3S/c1-25(2)14-4-6-15(7-5-14)28-20-19-17-12-16(29-22(27)26-10-3-11-26)8-9-18(17)30-21(19)24-13-23-20/h8-9,12-15H,3-7,10-11H2,1-2H3/t14-,15-. The molecule has 0 bridgehead atoms. The minimum absolute atomic E-state index is 0.168. The smallest absolute Gasteiger partial charge is 0.415 e. The molecule has 1 saturated heterocycles. The van der Waals surface area contributed by atoms with Crippen LogP contribution in [-0.2, 0) is 0 Å². The number of hydrogen-bond donors (Lipinski definition) is 0. The van der Waals surface area contributed by atoms with Crippen molar-refractivity contribution in [2.24, 2.45) is 0 Å². The molecule has 8 heteroatoms. The lowest BCUT2D eigenvalue weighted by Gasteiger charge is -2.32. The molecule has 1 aliphatic heterocycles. The van der Waals surface area contributed by atoms with Crippen LogP contribution in [0.2, 0.25) is 0 Å². The number of ether oxygens (including phenoxy) is 2. The van der Waals surface area contributed by atoms with Crippen LogP contribution in [0.25, 0.3) is 20.3 Å². The quantitative estimate of drug-likeness (QED) is 0.620. The SMILES string of the molecule is CN(C)[C@H]1CC[C@H](Oc2ncnc3sc4ccc(OC(=O)N5CCC5)cc4c23)CC1. The Balaban J connectivity index is 1.41. The van der Waals surface area contributed by atoms with Crippen LogP contribution in [0.15, 0.2) is 24.5 Å². The molecule has 0 N–H and O–H groups in total. The summed E-state index contributed by atoms with van der Waals surface area (Å²) >= 11 is 1.60. The van der Waals surface area contributed by atoms with E-state index < -0.39 is 0 Å². The van der Waals surface area contributed by atoms with Gasteiger partial charge in [0.05, 0.1) is 5.39 Å². The Kier molecular flexibility index (Phi) is 5.20. The first-order chi connectivity index (χ1) is 14.6. The lowest BCUT2D eigenvalue weighted by molar-refractivity contribution is 0.108. The Labute approximate surface area is 179 Å². The molecule has 30 heavy (non-hydrogen) atoms. The molecule has 158 valence electrons. The lowest BCUT2D eigenvalue weighted by Crippen LogP contribution is -2.43. The van der Waals surface area contributed by atoms with E-state index in [1.807, 2.05) is 18.2 Å². The van der Waals surface area contributed by atoms with Crippen molar-refractivity contribution >= 4 is 37.7 Å². The van der Waals surface area contributed by atoms with Crippen molar-refractivity contribution in [3.63, 3.8) is 0 Å². The van der Waals surface area contributed by atoms with Gasteiger partial charge >= 0.3 is 6.09 Å². The third kappa shape index (κ3) is 3.70. The highest BCUT2D eigenvalue weighted by Gasteiger charge is 2.26. The Morgan fingerprint density at radius 2 is 1.97 bits per heavy atom. The van der Waals surface area contributed by atoms with Gasteiger partial charge in [-0.2, -0.15) is 0 Å². The van der Waals surface area contributed by atoms with E-state index in [-0.39, 0.29) is 12.2 Å². The number of likely N-dealkylation sites (tertiary alicyclic amines) is 1. The zero-order valence-electron chi connectivity index (χ0n) is 17.3. The molecule has 0 radical (unpaired) electrons. The first-order valence-electron chi connectivity index (χ1n) is 10.6. The maximum absolute atomic E-state index is 12.2. The fourth-order valence-electron chi connectivity index (χ4n) is 4.21. The summed E-state index contributed by atoms with van der Waals surface area (Å²) in [6.07, 6.45) is 6.80. The minimum atomic E-state index is -0.287. The second-order valence-corrected chi connectivity index (χ2v) is 9.37.